The average molecular weight is 224 g/mol. The van der Waals surface area contributed by atoms with Crippen molar-refractivity contribution < 1.29 is 0 Å². The highest BCUT2D eigenvalue weighted by Crippen LogP contribution is 2.21. The first-order valence-electron chi connectivity index (χ1n) is 6.46. The molecule has 0 atom stereocenters. The molecule has 2 heteroatoms. The summed E-state index contributed by atoms with van der Waals surface area (Å²) in [6.45, 7) is 10.9. The molecule has 2 nitrogen and oxygen atoms in total. The molecule has 0 aromatic carbocycles. The maximum absolute atomic E-state index is 7.77. The number of hydrogen-bond donors (Lipinski definition) is 1. The Labute approximate surface area is 101 Å². The molecule has 0 rings (SSSR count). The maximum Gasteiger partial charge on any atom is 0.120 e. The Balaban J connectivity index is 3.81. The quantitative estimate of drug-likeness (QED) is 0.495. The van der Waals surface area contributed by atoms with Gasteiger partial charge in [-0.1, -0.05) is 34.1 Å². The third-order valence-electron chi connectivity index (χ3n) is 2.56. The second-order valence-electron chi connectivity index (χ2n) is 5.81. The molecule has 94 valence electrons. The summed E-state index contributed by atoms with van der Waals surface area (Å²) in [6.07, 6.45) is 6.49. The lowest BCUT2D eigenvalue weighted by Gasteiger charge is -2.17. The first-order chi connectivity index (χ1) is 7.35. The van der Waals surface area contributed by atoms with Gasteiger partial charge in [-0.2, -0.15) is 0 Å². The van der Waals surface area contributed by atoms with E-state index in [9.17, 15) is 0 Å². The highest BCUT2D eigenvalue weighted by Gasteiger charge is 2.09. The first-order valence-corrected chi connectivity index (χ1v) is 6.46. The number of rotatable bonds is 6. The van der Waals surface area contributed by atoms with Crippen molar-refractivity contribution in [3.05, 3.63) is 0 Å². The molecule has 1 N–H and O–H groups in total. The Bertz CT molecular complexity index is 234. The summed E-state index contributed by atoms with van der Waals surface area (Å²) < 4.78 is 0. The molecule has 0 bridgehead atoms. The van der Waals surface area contributed by atoms with Crippen LogP contribution in [0, 0.1) is 10.8 Å². The molecule has 0 spiro atoms. The lowest BCUT2D eigenvalue weighted by atomic mass is 9.90. The van der Waals surface area contributed by atoms with Gasteiger partial charge < -0.3 is 0 Å². The molecule has 0 saturated heterocycles. The van der Waals surface area contributed by atoms with Gasteiger partial charge in [0.05, 0.1) is 0 Å². The Morgan fingerprint density at radius 3 is 2.25 bits per heavy atom. The molecule has 16 heavy (non-hydrogen) atoms. The van der Waals surface area contributed by atoms with E-state index in [1.165, 1.54) is 19.3 Å². The van der Waals surface area contributed by atoms with Crippen LogP contribution < -0.4 is 0 Å². The molecule has 0 radical (unpaired) electrons. The van der Waals surface area contributed by atoms with Gasteiger partial charge in [0.1, 0.15) is 5.84 Å². The van der Waals surface area contributed by atoms with Crippen molar-refractivity contribution in [3.63, 3.8) is 0 Å². The Morgan fingerprint density at radius 2 is 1.75 bits per heavy atom. The van der Waals surface area contributed by atoms with Crippen molar-refractivity contribution in [2.24, 2.45) is 10.4 Å². The monoisotopic (exact) mass is 224 g/mol. The topological polar surface area (TPSA) is 36.2 Å². The van der Waals surface area contributed by atoms with Crippen molar-refractivity contribution in [1.29, 1.82) is 5.41 Å². The van der Waals surface area contributed by atoms with Crippen LogP contribution in [0.15, 0.2) is 4.99 Å². The summed E-state index contributed by atoms with van der Waals surface area (Å²) in [7, 11) is 0. The van der Waals surface area contributed by atoms with Gasteiger partial charge in [0.25, 0.3) is 0 Å². The van der Waals surface area contributed by atoms with E-state index in [4.69, 9.17) is 5.41 Å². The molecule has 0 unspecified atom stereocenters. The molecular formula is C14H28N2. The molecule has 0 aliphatic heterocycles. The minimum atomic E-state index is 0.376. The first kappa shape index (κ1) is 15.3. The summed E-state index contributed by atoms with van der Waals surface area (Å²) in [5, 5.41) is 7.77. The lowest BCUT2D eigenvalue weighted by molar-refractivity contribution is 0.368. The molecule has 0 aliphatic rings. The Hall–Kier alpha value is -0.660. The van der Waals surface area contributed by atoms with Crippen LogP contribution >= 0.6 is 0 Å². The lowest BCUT2D eigenvalue weighted by Crippen LogP contribution is -2.06. The van der Waals surface area contributed by atoms with Crippen LogP contribution in [0.1, 0.15) is 73.1 Å². The van der Waals surface area contributed by atoms with E-state index in [2.05, 4.69) is 32.7 Å². The Kier molecular flexibility index (Phi) is 7.27. The minimum absolute atomic E-state index is 0.376. The molecule has 0 aliphatic carbocycles. The summed E-state index contributed by atoms with van der Waals surface area (Å²) >= 11 is 0. The van der Waals surface area contributed by atoms with E-state index >= 15 is 0 Å². The molecule has 0 amide bonds. The van der Waals surface area contributed by atoms with Gasteiger partial charge in [-0.25, -0.2) is 4.99 Å². The fourth-order valence-corrected chi connectivity index (χ4v) is 1.56. The molecule has 0 fully saturated rings. The molecular weight excluding hydrogens is 196 g/mol. The van der Waals surface area contributed by atoms with Gasteiger partial charge in [0, 0.05) is 12.1 Å². The predicted molar refractivity (Wildman–Crippen MR) is 73.7 cm³/mol. The summed E-state index contributed by atoms with van der Waals surface area (Å²) in [5.74, 6) is 0.554. The van der Waals surface area contributed by atoms with Crippen LogP contribution in [0.5, 0.6) is 0 Å². The number of aliphatic imine (C=N–C) groups is 1. The SMILES string of the molecule is CCCCC(C)=NC(=N)CCCC(C)(C)C. The van der Waals surface area contributed by atoms with Crippen LogP contribution in [0.25, 0.3) is 0 Å². The van der Waals surface area contributed by atoms with Crippen LogP contribution in [0.4, 0.5) is 0 Å². The zero-order chi connectivity index (χ0) is 12.6. The van der Waals surface area contributed by atoms with E-state index in [1.807, 2.05) is 6.92 Å². The molecule has 0 aromatic rings. The normalized spacial score (nSPS) is 12.9. The zero-order valence-electron chi connectivity index (χ0n) is 11.7. The van der Waals surface area contributed by atoms with Crippen molar-refractivity contribution in [3.8, 4) is 0 Å². The van der Waals surface area contributed by atoms with E-state index < -0.39 is 0 Å². The van der Waals surface area contributed by atoms with Crippen molar-refractivity contribution in [1.82, 2.24) is 0 Å². The largest absolute Gasteiger partial charge is 0.287 e. The van der Waals surface area contributed by atoms with Crippen molar-refractivity contribution in [2.75, 3.05) is 0 Å². The number of hydrogen-bond acceptors (Lipinski definition) is 1. The zero-order valence-corrected chi connectivity index (χ0v) is 11.7. The second-order valence-corrected chi connectivity index (χ2v) is 5.81. The number of nitrogens with one attached hydrogen (secondary N) is 1. The van der Waals surface area contributed by atoms with Crippen LogP contribution in [0.3, 0.4) is 0 Å². The smallest absolute Gasteiger partial charge is 0.120 e. The number of unbranched alkanes of at least 4 members (excludes halogenated alkanes) is 1. The summed E-state index contributed by atoms with van der Waals surface area (Å²) in [6, 6.07) is 0. The summed E-state index contributed by atoms with van der Waals surface area (Å²) in [4.78, 5) is 4.33. The van der Waals surface area contributed by atoms with Gasteiger partial charge in [0.15, 0.2) is 0 Å². The van der Waals surface area contributed by atoms with Gasteiger partial charge in [-0.15, -0.1) is 0 Å². The highest BCUT2D eigenvalue weighted by atomic mass is 14.8. The van der Waals surface area contributed by atoms with Crippen molar-refractivity contribution in [2.45, 2.75) is 73.1 Å². The third kappa shape index (κ3) is 9.88. The summed E-state index contributed by atoms with van der Waals surface area (Å²) in [5.41, 5.74) is 1.49. The van der Waals surface area contributed by atoms with E-state index in [0.29, 0.717) is 11.3 Å². The molecule has 0 aromatic heterocycles. The average Bonchev–Trinajstić information content (AvgIpc) is 2.12. The number of amidine groups is 1. The fraction of sp³-hybridized carbons (Fsp3) is 0.857. The second kappa shape index (κ2) is 7.59. The maximum atomic E-state index is 7.77. The van der Waals surface area contributed by atoms with Crippen LogP contribution in [-0.2, 0) is 0 Å². The van der Waals surface area contributed by atoms with Crippen LogP contribution in [-0.4, -0.2) is 11.5 Å². The van der Waals surface area contributed by atoms with E-state index in [1.54, 1.807) is 0 Å². The van der Waals surface area contributed by atoms with E-state index in [-0.39, 0.29) is 0 Å². The Morgan fingerprint density at radius 1 is 1.12 bits per heavy atom. The van der Waals surface area contributed by atoms with Crippen molar-refractivity contribution >= 4 is 11.5 Å². The minimum Gasteiger partial charge on any atom is -0.287 e. The van der Waals surface area contributed by atoms with Crippen LogP contribution in [0.2, 0.25) is 0 Å². The molecule has 0 saturated carbocycles. The fourth-order valence-electron chi connectivity index (χ4n) is 1.56. The van der Waals surface area contributed by atoms with Gasteiger partial charge in [-0.05, 0) is 38.0 Å². The molecule has 0 heterocycles. The van der Waals surface area contributed by atoms with Gasteiger partial charge >= 0.3 is 0 Å². The van der Waals surface area contributed by atoms with Gasteiger partial charge in [0.2, 0.25) is 0 Å². The number of nitrogens with zero attached hydrogens (tertiary/aromatic N) is 1. The predicted octanol–water partition coefficient (Wildman–Crippen LogP) is 4.83. The van der Waals surface area contributed by atoms with Gasteiger partial charge in [-0.3, -0.25) is 5.41 Å². The van der Waals surface area contributed by atoms with E-state index in [0.717, 1.165) is 25.0 Å². The third-order valence-corrected chi connectivity index (χ3v) is 2.56. The highest BCUT2D eigenvalue weighted by molar-refractivity contribution is 5.95. The standard InChI is InChI=1S/C14H28N2/c1-6-7-9-12(2)16-13(15)10-8-11-14(3,4)5/h15H,6-11H2,1-5H3.